The van der Waals surface area contributed by atoms with Crippen LogP contribution in [0.1, 0.15) is 30.6 Å². The average molecular weight is 336 g/mol. The quantitative estimate of drug-likeness (QED) is 0.826. The van der Waals surface area contributed by atoms with Crippen LogP contribution in [0.5, 0.6) is 0 Å². The third-order valence-corrected chi connectivity index (χ3v) is 6.72. The van der Waals surface area contributed by atoms with Gasteiger partial charge in [0.25, 0.3) is 0 Å². The Morgan fingerprint density at radius 3 is 2.82 bits per heavy atom. The fourth-order valence-corrected chi connectivity index (χ4v) is 5.51. The first kappa shape index (κ1) is 14.2. The largest absolute Gasteiger partial charge is 0.317 e. The Morgan fingerprint density at radius 2 is 2.14 bits per heavy atom. The molecule has 2 aliphatic heterocycles. The van der Waals surface area contributed by atoms with Gasteiger partial charge in [0.2, 0.25) is 5.91 Å². The van der Waals surface area contributed by atoms with Crippen molar-refractivity contribution < 1.29 is 4.79 Å². The Balaban J connectivity index is 1.79. The number of tetrazole rings is 1. The van der Waals surface area contributed by atoms with E-state index in [9.17, 15) is 4.79 Å². The summed E-state index contributed by atoms with van der Waals surface area (Å²) in [4.78, 5) is 15.2. The summed E-state index contributed by atoms with van der Waals surface area (Å²) in [6.07, 6.45) is 0. The van der Waals surface area contributed by atoms with Crippen molar-refractivity contribution in [2.24, 2.45) is 5.73 Å². The minimum absolute atomic E-state index is 0.0164. The van der Waals surface area contributed by atoms with Crippen LogP contribution in [0, 0.1) is 6.92 Å². The lowest BCUT2D eigenvalue weighted by Gasteiger charge is -2.42. The number of amides is 1. The van der Waals surface area contributed by atoms with Gasteiger partial charge in [-0.2, -0.15) is 4.68 Å². The maximum absolute atomic E-state index is 12.2. The molecule has 2 saturated heterocycles. The molecule has 2 aliphatic rings. The number of hydrogen-bond acceptors (Lipinski definition) is 7. The maximum atomic E-state index is 12.2. The van der Waals surface area contributed by atoms with E-state index in [2.05, 4.69) is 29.4 Å². The summed E-state index contributed by atoms with van der Waals surface area (Å²) in [5, 5.41) is 13.2. The van der Waals surface area contributed by atoms with Gasteiger partial charge in [-0.3, -0.25) is 4.79 Å². The molecule has 2 unspecified atom stereocenters. The van der Waals surface area contributed by atoms with E-state index in [0.29, 0.717) is 5.82 Å². The first-order chi connectivity index (χ1) is 10.4. The standard InChI is InChI=1S/C13H16N6OS2/c1-6-4-5-7(21-6)19-10(15-16-17-19)9-13(2,3)22-12-8(14)11(20)18(9)12/h4-5,8-9,12H,14H2,1-3H3/t8?,9?,12-/m0/s1. The summed E-state index contributed by atoms with van der Waals surface area (Å²) < 4.78 is 1.55. The Hall–Kier alpha value is -1.45. The van der Waals surface area contributed by atoms with Gasteiger partial charge in [0.1, 0.15) is 22.5 Å². The molecule has 0 aromatic carbocycles. The second-order valence-corrected chi connectivity index (χ2v) is 9.16. The topological polar surface area (TPSA) is 89.9 Å². The van der Waals surface area contributed by atoms with Crippen molar-refractivity contribution in [2.75, 3.05) is 0 Å². The molecular weight excluding hydrogens is 320 g/mol. The molecule has 0 saturated carbocycles. The molecule has 2 aromatic rings. The van der Waals surface area contributed by atoms with E-state index in [1.54, 1.807) is 27.8 Å². The number of hydrogen-bond donors (Lipinski definition) is 1. The molecule has 7 nitrogen and oxygen atoms in total. The number of rotatable bonds is 2. The van der Waals surface area contributed by atoms with Crippen molar-refractivity contribution in [1.29, 1.82) is 0 Å². The molecule has 2 aromatic heterocycles. The van der Waals surface area contributed by atoms with E-state index in [4.69, 9.17) is 5.73 Å². The molecule has 0 bridgehead atoms. The van der Waals surface area contributed by atoms with Crippen molar-refractivity contribution in [2.45, 2.75) is 43.0 Å². The molecule has 0 radical (unpaired) electrons. The van der Waals surface area contributed by atoms with Gasteiger partial charge in [-0.15, -0.1) is 28.2 Å². The van der Waals surface area contributed by atoms with Crippen molar-refractivity contribution >= 4 is 29.0 Å². The van der Waals surface area contributed by atoms with Crippen molar-refractivity contribution in [3.63, 3.8) is 0 Å². The van der Waals surface area contributed by atoms with Crippen LogP contribution in [0.15, 0.2) is 12.1 Å². The van der Waals surface area contributed by atoms with Gasteiger partial charge < -0.3 is 10.6 Å². The number of fused-ring (bicyclic) bond motifs is 1. The van der Waals surface area contributed by atoms with Crippen LogP contribution in [0.2, 0.25) is 0 Å². The fourth-order valence-electron chi connectivity index (χ4n) is 3.12. The van der Waals surface area contributed by atoms with E-state index >= 15 is 0 Å². The lowest BCUT2D eigenvalue weighted by Crippen LogP contribution is -2.65. The Morgan fingerprint density at radius 1 is 1.36 bits per heavy atom. The number of β-lactam (4-membered cyclic amide) rings is 1. The van der Waals surface area contributed by atoms with Gasteiger partial charge in [-0.05, 0) is 43.3 Å². The second kappa shape index (κ2) is 4.53. The summed E-state index contributed by atoms with van der Waals surface area (Å²) >= 11 is 3.34. The Labute approximate surface area is 135 Å². The summed E-state index contributed by atoms with van der Waals surface area (Å²) in [5.41, 5.74) is 5.93. The molecule has 4 rings (SSSR count). The number of nitrogens with two attached hydrogens (primary N) is 1. The van der Waals surface area contributed by atoms with Crippen LogP contribution in [0.25, 0.3) is 5.00 Å². The predicted octanol–water partition coefficient (Wildman–Crippen LogP) is 1.09. The number of thioether (sulfide) groups is 1. The molecule has 1 amide bonds. The highest BCUT2D eigenvalue weighted by molar-refractivity contribution is 8.01. The van der Waals surface area contributed by atoms with E-state index in [1.807, 2.05) is 24.0 Å². The Bertz CT molecular complexity index is 753. The van der Waals surface area contributed by atoms with Crippen LogP contribution in [0.3, 0.4) is 0 Å². The highest BCUT2D eigenvalue weighted by Crippen LogP contribution is 2.56. The lowest BCUT2D eigenvalue weighted by molar-refractivity contribution is -0.147. The number of carbonyl (C=O) groups is 1. The Kier molecular flexibility index (Phi) is 2.91. The number of aromatic nitrogens is 4. The summed E-state index contributed by atoms with van der Waals surface area (Å²) in [6.45, 7) is 6.26. The number of nitrogens with zero attached hydrogens (tertiary/aromatic N) is 5. The summed E-state index contributed by atoms with van der Waals surface area (Å²) in [7, 11) is 0. The van der Waals surface area contributed by atoms with E-state index in [1.165, 1.54) is 4.88 Å². The molecule has 22 heavy (non-hydrogen) atoms. The van der Waals surface area contributed by atoms with Gasteiger partial charge in [0, 0.05) is 9.62 Å². The van der Waals surface area contributed by atoms with E-state index < -0.39 is 6.04 Å². The SMILES string of the molecule is Cc1ccc(-n2nnnc2C2N3C(=O)C(N)[C@@H]3SC2(C)C)s1. The van der Waals surface area contributed by atoms with Crippen LogP contribution in [-0.2, 0) is 4.79 Å². The molecule has 4 heterocycles. The molecule has 2 N–H and O–H groups in total. The smallest absolute Gasteiger partial charge is 0.244 e. The minimum Gasteiger partial charge on any atom is -0.317 e. The van der Waals surface area contributed by atoms with Crippen LogP contribution in [0.4, 0.5) is 0 Å². The average Bonchev–Trinajstić information content (AvgIpc) is 3.14. The van der Waals surface area contributed by atoms with Gasteiger partial charge >= 0.3 is 0 Å². The monoisotopic (exact) mass is 336 g/mol. The van der Waals surface area contributed by atoms with Crippen molar-refractivity contribution in [3.8, 4) is 5.00 Å². The number of aryl methyl sites for hydroxylation is 1. The summed E-state index contributed by atoms with van der Waals surface area (Å²) in [6, 6.07) is 3.44. The zero-order valence-corrected chi connectivity index (χ0v) is 14.1. The zero-order chi connectivity index (χ0) is 15.6. The molecular formula is C13H16N6OS2. The molecule has 9 heteroatoms. The lowest BCUT2D eigenvalue weighted by atomic mass is 9.95. The normalized spacial score (nSPS) is 29.5. The maximum Gasteiger partial charge on any atom is 0.244 e. The van der Waals surface area contributed by atoms with Crippen LogP contribution in [-0.4, -0.2) is 47.2 Å². The second-order valence-electron chi connectivity index (χ2n) is 6.12. The molecule has 116 valence electrons. The zero-order valence-electron chi connectivity index (χ0n) is 12.4. The van der Waals surface area contributed by atoms with Crippen LogP contribution < -0.4 is 5.73 Å². The minimum atomic E-state index is -0.414. The third kappa shape index (κ3) is 1.79. The molecule has 3 atom stereocenters. The van der Waals surface area contributed by atoms with Crippen molar-refractivity contribution in [1.82, 2.24) is 25.1 Å². The summed E-state index contributed by atoms with van der Waals surface area (Å²) in [5.74, 6) is 0.673. The highest BCUT2D eigenvalue weighted by atomic mass is 32.2. The molecule has 0 spiro atoms. The first-order valence-corrected chi connectivity index (χ1v) is 8.70. The predicted molar refractivity (Wildman–Crippen MR) is 84.8 cm³/mol. The fraction of sp³-hybridized carbons (Fsp3) is 0.538. The highest BCUT2D eigenvalue weighted by Gasteiger charge is 2.62. The van der Waals surface area contributed by atoms with Gasteiger partial charge in [0.05, 0.1) is 0 Å². The van der Waals surface area contributed by atoms with Gasteiger partial charge in [0.15, 0.2) is 5.82 Å². The van der Waals surface area contributed by atoms with E-state index in [0.717, 1.165) is 5.00 Å². The molecule has 0 aliphatic carbocycles. The van der Waals surface area contributed by atoms with E-state index in [-0.39, 0.29) is 22.1 Å². The third-order valence-electron chi connectivity index (χ3n) is 4.16. The van der Waals surface area contributed by atoms with Gasteiger partial charge in [-0.1, -0.05) is 0 Å². The first-order valence-electron chi connectivity index (χ1n) is 7.01. The van der Waals surface area contributed by atoms with Crippen molar-refractivity contribution in [3.05, 3.63) is 22.8 Å². The van der Waals surface area contributed by atoms with Crippen LogP contribution >= 0.6 is 23.1 Å². The number of carbonyl (C=O) groups excluding carboxylic acids is 1. The molecule has 2 fully saturated rings. The van der Waals surface area contributed by atoms with Gasteiger partial charge in [-0.25, -0.2) is 0 Å². The number of thiophene rings is 1.